The molecule has 0 saturated heterocycles. The molecule has 8 heteroatoms. The molecule has 0 bridgehead atoms. The molecule has 0 radical (unpaired) electrons. The predicted octanol–water partition coefficient (Wildman–Crippen LogP) is 2.33. The van der Waals surface area contributed by atoms with Gasteiger partial charge >= 0.3 is 0 Å². The molecule has 0 fully saturated rings. The number of hydrogen-bond donors (Lipinski definition) is 2. The lowest BCUT2D eigenvalue weighted by Gasteiger charge is -2.05. The normalized spacial score (nSPS) is 10.8. The van der Waals surface area contributed by atoms with Gasteiger partial charge in [0, 0.05) is 24.2 Å². The molecule has 106 valence electrons. The van der Waals surface area contributed by atoms with Crippen LogP contribution in [0.2, 0.25) is 5.02 Å². The van der Waals surface area contributed by atoms with Crippen LogP contribution in [0.3, 0.4) is 0 Å². The van der Waals surface area contributed by atoms with Crippen LogP contribution >= 0.6 is 11.6 Å². The van der Waals surface area contributed by atoms with Crippen molar-refractivity contribution < 1.29 is 9.18 Å². The smallest absolute Gasteiger partial charge is 0.230 e. The first-order valence-corrected chi connectivity index (χ1v) is 6.39. The van der Waals surface area contributed by atoms with Crippen molar-refractivity contribution in [3.05, 3.63) is 47.3 Å². The number of aromatic nitrogens is 4. The second-order valence-electron chi connectivity index (χ2n) is 4.30. The minimum absolute atomic E-state index is 0.0992. The SMILES string of the molecule is O=C(Cc1c(F)cncc1Cl)Nc1n[nH]c2ccncc12. The van der Waals surface area contributed by atoms with Crippen molar-refractivity contribution >= 4 is 34.2 Å². The summed E-state index contributed by atoms with van der Waals surface area (Å²) in [5, 5.41) is 10.1. The maximum Gasteiger partial charge on any atom is 0.230 e. The molecule has 0 aromatic carbocycles. The Balaban J connectivity index is 1.81. The molecule has 0 atom stereocenters. The molecule has 0 saturated carbocycles. The number of aromatic amines is 1. The van der Waals surface area contributed by atoms with E-state index in [1.54, 1.807) is 18.5 Å². The van der Waals surface area contributed by atoms with Crippen molar-refractivity contribution in [3.8, 4) is 0 Å². The summed E-state index contributed by atoms with van der Waals surface area (Å²) < 4.78 is 13.6. The summed E-state index contributed by atoms with van der Waals surface area (Å²) in [5.41, 5.74) is 0.843. The first-order chi connectivity index (χ1) is 10.1. The van der Waals surface area contributed by atoms with Crippen molar-refractivity contribution in [2.24, 2.45) is 0 Å². The van der Waals surface area contributed by atoms with E-state index in [4.69, 9.17) is 11.6 Å². The number of H-pyrrole nitrogens is 1. The molecule has 2 N–H and O–H groups in total. The number of nitrogens with zero attached hydrogens (tertiary/aromatic N) is 3. The third-order valence-electron chi connectivity index (χ3n) is 2.91. The molecule has 0 spiro atoms. The molecule has 0 aliphatic heterocycles. The number of hydrogen-bond acceptors (Lipinski definition) is 4. The Morgan fingerprint density at radius 3 is 3.00 bits per heavy atom. The van der Waals surface area contributed by atoms with Crippen LogP contribution in [0.4, 0.5) is 10.2 Å². The molecule has 0 aliphatic rings. The maximum atomic E-state index is 13.6. The van der Waals surface area contributed by atoms with Crippen LogP contribution in [0.15, 0.2) is 30.9 Å². The lowest BCUT2D eigenvalue weighted by molar-refractivity contribution is -0.115. The van der Waals surface area contributed by atoms with Crippen LogP contribution in [0.1, 0.15) is 5.56 Å². The van der Waals surface area contributed by atoms with Crippen molar-refractivity contribution in [2.45, 2.75) is 6.42 Å². The van der Waals surface area contributed by atoms with Gasteiger partial charge in [0.05, 0.1) is 28.5 Å². The quantitative estimate of drug-likeness (QED) is 0.778. The molecule has 3 heterocycles. The third kappa shape index (κ3) is 2.68. The summed E-state index contributed by atoms with van der Waals surface area (Å²) in [6.07, 6.45) is 5.29. The Morgan fingerprint density at radius 1 is 1.33 bits per heavy atom. The number of fused-ring (bicyclic) bond motifs is 1. The van der Waals surface area contributed by atoms with Crippen molar-refractivity contribution in [2.75, 3.05) is 5.32 Å². The highest BCUT2D eigenvalue weighted by Crippen LogP contribution is 2.21. The number of nitrogens with one attached hydrogen (secondary N) is 2. The monoisotopic (exact) mass is 305 g/mol. The first kappa shape index (κ1) is 13.4. The van der Waals surface area contributed by atoms with E-state index in [-0.39, 0.29) is 17.0 Å². The Labute approximate surface area is 123 Å². The van der Waals surface area contributed by atoms with Gasteiger partial charge in [-0.05, 0) is 6.07 Å². The molecule has 6 nitrogen and oxygen atoms in total. The van der Waals surface area contributed by atoms with Gasteiger partial charge in [-0.1, -0.05) is 11.6 Å². The molecule has 21 heavy (non-hydrogen) atoms. The number of pyridine rings is 2. The van der Waals surface area contributed by atoms with E-state index in [1.165, 1.54) is 6.20 Å². The van der Waals surface area contributed by atoms with Crippen LogP contribution in [-0.4, -0.2) is 26.1 Å². The van der Waals surface area contributed by atoms with Crippen molar-refractivity contribution in [1.82, 2.24) is 20.2 Å². The Bertz CT molecular complexity index is 799. The van der Waals surface area contributed by atoms with Crippen LogP contribution in [0.5, 0.6) is 0 Å². The second kappa shape index (κ2) is 5.45. The molecule has 3 aromatic rings. The van der Waals surface area contributed by atoms with Crippen LogP contribution in [0.25, 0.3) is 10.9 Å². The zero-order chi connectivity index (χ0) is 14.8. The van der Waals surface area contributed by atoms with E-state index in [0.717, 1.165) is 11.7 Å². The molecular weight excluding hydrogens is 297 g/mol. The predicted molar refractivity (Wildman–Crippen MR) is 75.4 cm³/mol. The molecule has 0 aliphatic carbocycles. The van der Waals surface area contributed by atoms with Gasteiger partial charge in [0.2, 0.25) is 5.91 Å². The van der Waals surface area contributed by atoms with E-state index in [1.807, 2.05) is 0 Å². The Kier molecular flexibility index (Phi) is 3.49. The average molecular weight is 306 g/mol. The van der Waals surface area contributed by atoms with Crippen LogP contribution in [0, 0.1) is 5.82 Å². The fraction of sp³-hybridized carbons (Fsp3) is 0.0769. The number of rotatable bonds is 3. The van der Waals surface area contributed by atoms with Gasteiger partial charge < -0.3 is 5.32 Å². The average Bonchev–Trinajstić information content (AvgIpc) is 2.87. The molecule has 3 rings (SSSR count). The van der Waals surface area contributed by atoms with E-state index in [2.05, 4.69) is 25.5 Å². The van der Waals surface area contributed by atoms with Gasteiger partial charge in [0.15, 0.2) is 5.82 Å². The van der Waals surface area contributed by atoms with Crippen molar-refractivity contribution in [1.29, 1.82) is 0 Å². The molecule has 3 aromatic heterocycles. The summed E-state index contributed by atoms with van der Waals surface area (Å²) in [6.45, 7) is 0. The lowest BCUT2D eigenvalue weighted by Crippen LogP contribution is -2.16. The van der Waals surface area contributed by atoms with E-state index in [9.17, 15) is 9.18 Å². The fourth-order valence-corrected chi connectivity index (χ4v) is 2.11. The second-order valence-corrected chi connectivity index (χ2v) is 4.71. The third-order valence-corrected chi connectivity index (χ3v) is 3.24. The largest absolute Gasteiger partial charge is 0.308 e. The summed E-state index contributed by atoms with van der Waals surface area (Å²) in [4.78, 5) is 19.6. The first-order valence-electron chi connectivity index (χ1n) is 6.01. The summed E-state index contributed by atoms with van der Waals surface area (Å²) in [7, 11) is 0. The summed E-state index contributed by atoms with van der Waals surface area (Å²) in [6, 6.07) is 1.73. The summed E-state index contributed by atoms with van der Waals surface area (Å²) >= 11 is 5.84. The summed E-state index contributed by atoms with van der Waals surface area (Å²) in [5.74, 6) is -0.709. The van der Waals surface area contributed by atoms with Gasteiger partial charge in [-0.3, -0.25) is 19.9 Å². The van der Waals surface area contributed by atoms with Gasteiger partial charge in [0.25, 0.3) is 0 Å². The van der Waals surface area contributed by atoms with Crippen LogP contribution < -0.4 is 5.32 Å². The van der Waals surface area contributed by atoms with Gasteiger partial charge in [-0.25, -0.2) is 4.39 Å². The molecular formula is C13H9ClFN5O. The minimum Gasteiger partial charge on any atom is -0.308 e. The van der Waals surface area contributed by atoms with Gasteiger partial charge in [-0.15, -0.1) is 0 Å². The maximum absolute atomic E-state index is 13.6. The van der Waals surface area contributed by atoms with E-state index >= 15 is 0 Å². The zero-order valence-corrected chi connectivity index (χ0v) is 11.4. The highest BCUT2D eigenvalue weighted by molar-refractivity contribution is 6.31. The fourth-order valence-electron chi connectivity index (χ4n) is 1.90. The number of carbonyl (C=O) groups excluding carboxylic acids is 1. The number of amides is 1. The number of carbonyl (C=O) groups is 1. The van der Waals surface area contributed by atoms with Crippen LogP contribution in [-0.2, 0) is 11.2 Å². The standard InChI is InChI=1S/C13H9ClFN5O/c14-9-5-17-6-10(15)7(9)3-12(21)18-13-8-4-16-2-1-11(8)19-20-13/h1-2,4-6H,3H2,(H2,18,19,20,21). The highest BCUT2D eigenvalue weighted by atomic mass is 35.5. The molecule has 0 unspecified atom stereocenters. The number of anilines is 1. The van der Waals surface area contributed by atoms with Gasteiger partial charge in [0.1, 0.15) is 5.82 Å². The van der Waals surface area contributed by atoms with Gasteiger partial charge in [-0.2, -0.15) is 5.10 Å². The Morgan fingerprint density at radius 2 is 2.19 bits per heavy atom. The van der Waals surface area contributed by atoms with E-state index < -0.39 is 11.7 Å². The zero-order valence-electron chi connectivity index (χ0n) is 10.6. The highest BCUT2D eigenvalue weighted by Gasteiger charge is 2.14. The minimum atomic E-state index is -0.619. The van der Waals surface area contributed by atoms with Crippen molar-refractivity contribution in [3.63, 3.8) is 0 Å². The lowest BCUT2D eigenvalue weighted by atomic mass is 10.2. The Hall–Kier alpha value is -2.54. The number of halogens is 2. The van der Waals surface area contributed by atoms with E-state index in [0.29, 0.717) is 11.2 Å². The topological polar surface area (TPSA) is 83.6 Å². The molecule has 1 amide bonds.